The van der Waals surface area contributed by atoms with Crippen molar-refractivity contribution in [2.24, 2.45) is 11.8 Å². The van der Waals surface area contributed by atoms with Crippen molar-refractivity contribution in [3.63, 3.8) is 0 Å². The molecule has 0 aliphatic rings. The van der Waals surface area contributed by atoms with E-state index in [4.69, 9.17) is 14.2 Å². The minimum absolute atomic E-state index is 0.519. The molecule has 1 aromatic heterocycles. The molecule has 2 aromatic rings. The van der Waals surface area contributed by atoms with Gasteiger partial charge in [0.25, 0.3) is 0 Å². The summed E-state index contributed by atoms with van der Waals surface area (Å²) in [4.78, 5) is 11.3. The van der Waals surface area contributed by atoms with E-state index in [-0.39, 0.29) is 0 Å². The number of benzene rings is 1. The predicted octanol–water partition coefficient (Wildman–Crippen LogP) is 3.77. The number of methoxy groups -OCH3 is 3. The minimum Gasteiger partial charge on any atom is -0.493 e. The SMILES string of the molecule is COc1cc2c(N(CC(C)C)CC(C)C)ncnc2c(OC)c1OC. The Morgan fingerprint density at radius 3 is 1.96 bits per heavy atom. The number of anilines is 1. The minimum atomic E-state index is 0.519. The lowest BCUT2D eigenvalue weighted by atomic mass is 10.1. The van der Waals surface area contributed by atoms with Gasteiger partial charge >= 0.3 is 0 Å². The van der Waals surface area contributed by atoms with Gasteiger partial charge in [0, 0.05) is 13.1 Å². The molecule has 0 N–H and O–H groups in total. The van der Waals surface area contributed by atoms with E-state index in [0.29, 0.717) is 29.1 Å². The van der Waals surface area contributed by atoms with Crippen LogP contribution in [0.15, 0.2) is 12.4 Å². The molecule has 25 heavy (non-hydrogen) atoms. The highest BCUT2D eigenvalue weighted by molar-refractivity contribution is 5.97. The number of fused-ring (bicyclic) bond motifs is 1. The number of nitrogens with zero attached hydrogens (tertiary/aromatic N) is 3. The summed E-state index contributed by atoms with van der Waals surface area (Å²) in [5.41, 5.74) is 0.725. The zero-order chi connectivity index (χ0) is 18.6. The monoisotopic (exact) mass is 347 g/mol. The topological polar surface area (TPSA) is 56.7 Å². The second kappa shape index (κ2) is 8.23. The van der Waals surface area contributed by atoms with Gasteiger partial charge in [-0.1, -0.05) is 27.7 Å². The van der Waals surface area contributed by atoms with E-state index in [9.17, 15) is 0 Å². The maximum atomic E-state index is 5.58. The zero-order valence-electron chi connectivity index (χ0n) is 16.3. The molecule has 0 radical (unpaired) electrons. The number of hydrogen-bond donors (Lipinski definition) is 0. The first-order valence-corrected chi connectivity index (χ1v) is 8.61. The highest BCUT2D eigenvalue weighted by atomic mass is 16.5. The van der Waals surface area contributed by atoms with Crippen LogP contribution in [0.25, 0.3) is 10.9 Å². The number of ether oxygens (including phenoxy) is 3. The van der Waals surface area contributed by atoms with Crippen molar-refractivity contribution < 1.29 is 14.2 Å². The summed E-state index contributed by atoms with van der Waals surface area (Å²) in [6.45, 7) is 10.7. The summed E-state index contributed by atoms with van der Waals surface area (Å²) in [5.74, 6) is 3.65. The van der Waals surface area contributed by atoms with Crippen molar-refractivity contribution in [3.05, 3.63) is 12.4 Å². The molecular weight excluding hydrogens is 318 g/mol. The molecule has 0 unspecified atom stereocenters. The molecule has 6 heteroatoms. The van der Waals surface area contributed by atoms with Gasteiger partial charge in [0.05, 0.1) is 26.7 Å². The van der Waals surface area contributed by atoms with E-state index >= 15 is 0 Å². The van der Waals surface area contributed by atoms with Gasteiger partial charge in [0.1, 0.15) is 17.7 Å². The fourth-order valence-electron chi connectivity index (χ4n) is 3.03. The Morgan fingerprint density at radius 2 is 1.48 bits per heavy atom. The van der Waals surface area contributed by atoms with Gasteiger partial charge in [-0.05, 0) is 17.9 Å². The van der Waals surface area contributed by atoms with Crippen molar-refractivity contribution in [1.82, 2.24) is 9.97 Å². The van der Waals surface area contributed by atoms with Crippen LogP contribution in [0.5, 0.6) is 17.2 Å². The molecule has 0 atom stereocenters. The molecule has 0 bridgehead atoms. The summed E-state index contributed by atoms with van der Waals surface area (Å²) < 4.78 is 16.6. The first-order valence-electron chi connectivity index (χ1n) is 8.61. The van der Waals surface area contributed by atoms with Gasteiger partial charge in [-0.3, -0.25) is 0 Å². The van der Waals surface area contributed by atoms with Crippen LogP contribution in [0.1, 0.15) is 27.7 Å². The Labute approximate surface area is 150 Å². The predicted molar refractivity (Wildman–Crippen MR) is 101 cm³/mol. The summed E-state index contributed by atoms with van der Waals surface area (Å²) in [5, 5.41) is 0.901. The number of hydrogen-bond acceptors (Lipinski definition) is 6. The van der Waals surface area contributed by atoms with Crippen LogP contribution in [0.4, 0.5) is 5.82 Å². The largest absolute Gasteiger partial charge is 0.493 e. The molecule has 6 nitrogen and oxygen atoms in total. The second-order valence-electron chi connectivity index (χ2n) is 6.93. The standard InChI is InChI=1S/C19H29N3O3/c1-12(2)9-22(10-13(3)4)19-14-8-15(23-5)17(24-6)18(25-7)16(14)20-11-21-19/h8,11-13H,9-10H2,1-7H3. The molecule has 138 valence electrons. The third-order valence-electron chi connectivity index (χ3n) is 3.88. The van der Waals surface area contributed by atoms with Crippen molar-refractivity contribution in [2.75, 3.05) is 39.3 Å². The maximum absolute atomic E-state index is 5.58. The van der Waals surface area contributed by atoms with Gasteiger partial charge in [0.15, 0.2) is 11.5 Å². The second-order valence-corrected chi connectivity index (χ2v) is 6.93. The number of rotatable bonds is 8. The van der Waals surface area contributed by atoms with Crippen molar-refractivity contribution >= 4 is 16.7 Å². The highest BCUT2D eigenvalue weighted by Crippen LogP contribution is 2.44. The first-order chi connectivity index (χ1) is 11.9. The molecular formula is C19H29N3O3. The fraction of sp³-hybridized carbons (Fsp3) is 0.579. The third kappa shape index (κ3) is 4.06. The lowest BCUT2D eigenvalue weighted by Gasteiger charge is -2.28. The van der Waals surface area contributed by atoms with E-state index in [1.807, 2.05) is 6.07 Å². The zero-order valence-corrected chi connectivity index (χ0v) is 16.3. The van der Waals surface area contributed by atoms with E-state index < -0.39 is 0 Å². The molecule has 0 fully saturated rings. The van der Waals surface area contributed by atoms with Gasteiger partial charge < -0.3 is 19.1 Å². The van der Waals surface area contributed by atoms with Crippen molar-refractivity contribution in [1.29, 1.82) is 0 Å². The van der Waals surface area contributed by atoms with Crippen LogP contribution < -0.4 is 19.1 Å². The Morgan fingerprint density at radius 1 is 0.880 bits per heavy atom. The lowest BCUT2D eigenvalue weighted by molar-refractivity contribution is 0.327. The van der Waals surface area contributed by atoms with Crippen molar-refractivity contribution in [3.8, 4) is 17.2 Å². The van der Waals surface area contributed by atoms with Gasteiger partial charge in [-0.15, -0.1) is 0 Å². The Bertz CT molecular complexity index is 707. The normalized spacial score (nSPS) is 11.2. The molecule has 0 aliphatic carbocycles. The molecule has 0 saturated heterocycles. The molecule has 0 saturated carbocycles. The highest BCUT2D eigenvalue weighted by Gasteiger charge is 2.22. The smallest absolute Gasteiger partial charge is 0.205 e. The average molecular weight is 347 g/mol. The summed E-state index contributed by atoms with van der Waals surface area (Å²) in [6.07, 6.45) is 1.58. The van der Waals surface area contributed by atoms with Crippen LogP contribution >= 0.6 is 0 Å². The van der Waals surface area contributed by atoms with Crippen LogP contribution in [0.3, 0.4) is 0 Å². The first kappa shape index (κ1) is 19.1. The van der Waals surface area contributed by atoms with E-state index in [0.717, 1.165) is 29.8 Å². The molecule has 2 rings (SSSR count). The number of aromatic nitrogens is 2. The van der Waals surface area contributed by atoms with Gasteiger partial charge in [-0.25, -0.2) is 9.97 Å². The quantitative estimate of drug-likeness (QED) is 0.724. The van der Waals surface area contributed by atoms with Crippen LogP contribution in [-0.4, -0.2) is 44.4 Å². The summed E-state index contributed by atoms with van der Waals surface area (Å²) in [7, 11) is 4.82. The summed E-state index contributed by atoms with van der Waals surface area (Å²) in [6, 6.07) is 1.93. The van der Waals surface area contributed by atoms with E-state index in [1.165, 1.54) is 0 Å². The Balaban J connectivity index is 2.71. The molecule has 0 spiro atoms. The Kier molecular flexibility index (Phi) is 6.28. The fourth-order valence-corrected chi connectivity index (χ4v) is 3.03. The van der Waals surface area contributed by atoms with Crippen molar-refractivity contribution in [2.45, 2.75) is 27.7 Å². The molecule has 1 heterocycles. The lowest BCUT2D eigenvalue weighted by Crippen LogP contribution is -2.32. The van der Waals surface area contributed by atoms with Gasteiger partial charge in [0.2, 0.25) is 5.75 Å². The van der Waals surface area contributed by atoms with Crippen LogP contribution in [0, 0.1) is 11.8 Å². The maximum Gasteiger partial charge on any atom is 0.205 e. The molecule has 1 aromatic carbocycles. The van der Waals surface area contributed by atoms with Crippen LogP contribution in [0.2, 0.25) is 0 Å². The Hall–Kier alpha value is -2.24. The third-order valence-corrected chi connectivity index (χ3v) is 3.88. The van der Waals surface area contributed by atoms with Gasteiger partial charge in [-0.2, -0.15) is 0 Å². The average Bonchev–Trinajstić information content (AvgIpc) is 2.57. The summed E-state index contributed by atoms with van der Waals surface area (Å²) >= 11 is 0. The molecule has 0 aliphatic heterocycles. The van der Waals surface area contributed by atoms with Crippen LogP contribution in [-0.2, 0) is 0 Å². The van der Waals surface area contributed by atoms with E-state index in [1.54, 1.807) is 27.7 Å². The van der Waals surface area contributed by atoms with E-state index in [2.05, 4.69) is 42.6 Å². The molecule has 0 amide bonds.